The van der Waals surface area contributed by atoms with Gasteiger partial charge in [-0.1, -0.05) is 49.6 Å². The molecule has 1 N–H and O–H groups in total. The summed E-state index contributed by atoms with van der Waals surface area (Å²) >= 11 is 0. The zero-order valence-electron chi connectivity index (χ0n) is 16.7. The summed E-state index contributed by atoms with van der Waals surface area (Å²) in [4.78, 5) is 14.7. The fraction of sp³-hybridized carbons (Fsp3) is 0.545. The number of aromatic nitrogens is 2. The Labute approximate surface area is 162 Å². The van der Waals surface area contributed by atoms with Crippen LogP contribution in [0.15, 0.2) is 30.3 Å². The Morgan fingerprint density at radius 1 is 1.04 bits per heavy atom. The average molecular weight is 369 g/mol. The van der Waals surface area contributed by atoms with Gasteiger partial charge in [-0.3, -0.25) is 14.4 Å². The molecule has 1 aromatic carbocycles. The number of hydrogen-bond acceptors (Lipinski definition) is 3. The van der Waals surface area contributed by atoms with E-state index >= 15 is 0 Å². The third-order valence-corrected chi connectivity index (χ3v) is 5.48. The molecule has 1 fully saturated rings. The number of nitrogens with one attached hydrogen (secondary N) is 1. The maximum atomic E-state index is 12.4. The van der Waals surface area contributed by atoms with E-state index in [9.17, 15) is 4.79 Å². The molecule has 0 spiro atoms. The van der Waals surface area contributed by atoms with Crippen LogP contribution < -0.4 is 5.32 Å². The Kier molecular flexibility index (Phi) is 7.04. The third-order valence-electron chi connectivity index (χ3n) is 5.48. The van der Waals surface area contributed by atoms with E-state index in [1.54, 1.807) is 0 Å². The minimum absolute atomic E-state index is 0.116. The van der Waals surface area contributed by atoms with E-state index in [-0.39, 0.29) is 5.91 Å². The summed E-state index contributed by atoms with van der Waals surface area (Å²) in [7, 11) is 0. The lowest BCUT2D eigenvalue weighted by Crippen LogP contribution is -2.38. The van der Waals surface area contributed by atoms with E-state index in [1.165, 1.54) is 37.7 Å². The maximum Gasteiger partial charge on any atom is 0.234 e. The molecule has 1 amide bonds. The average Bonchev–Trinajstić information content (AvgIpc) is 2.89. The highest BCUT2D eigenvalue weighted by molar-refractivity contribution is 5.78. The van der Waals surface area contributed by atoms with Crippen molar-refractivity contribution in [3.05, 3.63) is 52.8 Å². The van der Waals surface area contributed by atoms with E-state index in [0.717, 1.165) is 36.6 Å². The summed E-state index contributed by atoms with van der Waals surface area (Å²) in [6.07, 6.45) is 6.33. The van der Waals surface area contributed by atoms with Gasteiger partial charge in [-0.15, -0.1) is 0 Å². The van der Waals surface area contributed by atoms with Crippen LogP contribution in [0.25, 0.3) is 0 Å². The summed E-state index contributed by atoms with van der Waals surface area (Å²) < 4.78 is 2.03. The predicted octanol–water partition coefficient (Wildman–Crippen LogP) is 3.43. The fourth-order valence-corrected chi connectivity index (χ4v) is 3.82. The molecule has 5 heteroatoms. The van der Waals surface area contributed by atoms with Gasteiger partial charge in [0.2, 0.25) is 5.91 Å². The second kappa shape index (κ2) is 9.70. The first-order valence-electron chi connectivity index (χ1n) is 10.2. The van der Waals surface area contributed by atoms with Gasteiger partial charge < -0.3 is 5.32 Å². The Morgan fingerprint density at radius 2 is 1.70 bits per heavy atom. The second-order valence-corrected chi connectivity index (χ2v) is 7.61. The van der Waals surface area contributed by atoms with Crippen LogP contribution in [0.3, 0.4) is 0 Å². The molecule has 0 aliphatic carbocycles. The Bertz CT molecular complexity index is 730. The van der Waals surface area contributed by atoms with Gasteiger partial charge in [0.1, 0.15) is 0 Å². The molecule has 2 heterocycles. The molecule has 2 aromatic rings. The predicted molar refractivity (Wildman–Crippen MR) is 109 cm³/mol. The van der Waals surface area contributed by atoms with Crippen LogP contribution in [0.4, 0.5) is 0 Å². The highest BCUT2D eigenvalue weighted by Gasteiger charge is 2.15. The molecule has 5 nitrogen and oxygen atoms in total. The van der Waals surface area contributed by atoms with Crippen molar-refractivity contribution in [3.8, 4) is 0 Å². The first kappa shape index (κ1) is 19.6. The van der Waals surface area contributed by atoms with Crippen molar-refractivity contribution in [1.29, 1.82) is 0 Å². The van der Waals surface area contributed by atoms with E-state index in [2.05, 4.69) is 34.4 Å². The summed E-state index contributed by atoms with van der Waals surface area (Å²) in [5.74, 6) is 0.116. The number of hydrogen-bond donors (Lipinski definition) is 1. The van der Waals surface area contributed by atoms with Crippen LogP contribution in [-0.4, -0.2) is 40.2 Å². The molecular formula is C22H32N4O. The Hall–Kier alpha value is -2.14. The number of aryl methyl sites for hydroxylation is 1. The van der Waals surface area contributed by atoms with Crippen molar-refractivity contribution in [3.63, 3.8) is 0 Å². The van der Waals surface area contributed by atoms with Gasteiger partial charge in [-0.05, 0) is 45.3 Å². The SMILES string of the molecule is Cc1nn(Cc2ccccc2)c(C)c1CNC(=O)CN1CCCCCCC1. The lowest BCUT2D eigenvalue weighted by molar-refractivity contribution is -0.122. The molecule has 0 bridgehead atoms. The van der Waals surface area contributed by atoms with Gasteiger partial charge in [0.25, 0.3) is 0 Å². The third kappa shape index (κ3) is 5.67. The Balaban J connectivity index is 1.55. The highest BCUT2D eigenvalue weighted by atomic mass is 16.2. The van der Waals surface area contributed by atoms with E-state index in [1.807, 2.05) is 29.8 Å². The number of carbonyl (C=O) groups excluding carboxylic acids is 1. The minimum Gasteiger partial charge on any atom is -0.351 e. The lowest BCUT2D eigenvalue weighted by Gasteiger charge is -2.23. The molecule has 27 heavy (non-hydrogen) atoms. The van der Waals surface area contributed by atoms with Gasteiger partial charge in [0.15, 0.2) is 0 Å². The zero-order valence-corrected chi connectivity index (χ0v) is 16.7. The number of benzene rings is 1. The molecule has 146 valence electrons. The van der Waals surface area contributed by atoms with Crippen molar-refractivity contribution < 1.29 is 4.79 Å². The molecule has 1 aliphatic heterocycles. The molecule has 1 saturated heterocycles. The molecule has 3 rings (SSSR count). The van der Waals surface area contributed by atoms with E-state index in [4.69, 9.17) is 0 Å². The number of rotatable bonds is 6. The molecule has 0 unspecified atom stereocenters. The summed E-state index contributed by atoms with van der Waals surface area (Å²) in [5, 5.41) is 7.78. The first-order chi connectivity index (χ1) is 13.1. The summed E-state index contributed by atoms with van der Waals surface area (Å²) in [6.45, 7) is 8.02. The molecule has 0 saturated carbocycles. The van der Waals surface area contributed by atoms with Crippen molar-refractivity contribution in [2.24, 2.45) is 0 Å². The molecule has 1 aromatic heterocycles. The van der Waals surface area contributed by atoms with Crippen molar-refractivity contribution >= 4 is 5.91 Å². The van der Waals surface area contributed by atoms with E-state index in [0.29, 0.717) is 13.1 Å². The van der Waals surface area contributed by atoms with Crippen LogP contribution in [0.1, 0.15) is 54.6 Å². The van der Waals surface area contributed by atoms with Crippen LogP contribution in [-0.2, 0) is 17.9 Å². The number of amides is 1. The van der Waals surface area contributed by atoms with Crippen LogP contribution in [0, 0.1) is 13.8 Å². The van der Waals surface area contributed by atoms with Crippen LogP contribution in [0.2, 0.25) is 0 Å². The molecule has 0 radical (unpaired) electrons. The minimum atomic E-state index is 0.116. The van der Waals surface area contributed by atoms with Gasteiger partial charge in [0, 0.05) is 17.8 Å². The zero-order chi connectivity index (χ0) is 19.1. The lowest BCUT2D eigenvalue weighted by atomic mass is 10.1. The number of likely N-dealkylation sites (tertiary alicyclic amines) is 1. The summed E-state index contributed by atoms with van der Waals surface area (Å²) in [5.41, 5.74) is 4.49. The van der Waals surface area contributed by atoms with Crippen LogP contribution in [0.5, 0.6) is 0 Å². The Morgan fingerprint density at radius 3 is 2.41 bits per heavy atom. The van der Waals surface area contributed by atoms with Gasteiger partial charge in [-0.25, -0.2) is 0 Å². The van der Waals surface area contributed by atoms with Crippen LogP contribution >= 0.6 is 0 Å². The number of nitrogens with zero attached hydrogens (tertiary/aromatic N) is 3. The normalized spacial score (nSPS) is 15.9. The monoisotopic (exact) mass is 368 g/mol. The topological polar surface area (TPSA) is 50.2 Å². The van der Waals surface area contributed by atoms with Gasteiger partial charge >= 0.3 is 0 Å². The quantitative estimate of drug-likeness (QED) is 0.850. The fourth-order valence-electron chi connectivity index (χ4n) is 3.82. The first-order valence-corrected chi connectivity index (χ1v) is 10.2. The second-order valence-electron chi connectivity index (χ2n) is 7.61. The molecular weight excluding hydrogens is 336 g/mol. The standard InChI is InChI=1S/C22H32N4O/c1-18-21(19(2)26(24-18)16-20-11-7-6-8-12-20)15-23-22(27)17-25-13-9-4-3-5-10-14-25/h6-8,11-12H,3-5,9-10,13-17H2,1-2H3,(H,23,27). The largest absolute Gasteiger partial charge is 0.351 e. The smallest absolute Gasteiger partial charge is 0.234 e. The molecule has 0 atom stereocenters. The van der Waals surface area contributed by atoms with E-state index < -0.39 is 0 Å². The molecule has 1 aliphatic rings. The van der Waals surface area contributed by atoms with Crippen molar-refractivity contribution in [2.75, 3.05) is 19.6 Å². The highest BCUT2D eigenvalue weighted by Crippen LogP contribution is 2.15. The van der Waals surface area contributed by atoms with Gasteiger partial charge in [0.05, 0.1) is 18.8 Å². The number of carbonyl (C=O) groups is 1. The van der Waals surface area contributed by atoms with Gasteiger partial charge in [-0.2, -0.15) is 5.10 Å². The maximum absolute atomic E-state index is 12.4. The summed E-state index contributed by atoms with van der Waals surface area (Å²) in [6, 6.07) is 10.3. The van der Waals surface area contributed by atoms with Crippen molar-refractivity contribution in [2.45, 2.75) is 59.0 Å². The van der Waals surface area contributed by atoms with Crippen molar-refractivity contribution in [1.82, 2.24) is 20.0 Å².